The lowest BCUT2D eigenvalue weighted by molar-refractivity contribution is -0.126. The van der Waals surface area contributed by atoms with Crippen molar-refractivity contribution in [1.29, 1.82) is 0 Å². The minimum absolute atomic E-state index is 0.116. The maximum Gasteiger partial charge on any atom is 0.253 e. The Kier molecular flexibility index (Phi) is 5.59. The van der Waals surface area contributed by atoms with E-state index in [2.05, 4.69) is 5.32 Å². The monoisotopic (exact) mass is 292 g/mol. The Morgan fingerprint density at radius 2 is 2.10 bits per heavy atom. The van der Waals surface area contributed by atoms with Gasteiger partial charge in [-0.25, -0.2) is 0 Å². The van der Waals surface area contributed by atoms with Crippen molar-refractivity contribution in [3.63, 3.8) is 0 Å². The summed E-state index contributed by atoms with van der Waals surface area (Å²) < 4.78 is 5.55. The molecule has 1 aliphatic carbocycles. The number of nitrogens with zero attached hydrogens (tertiary/aromatic N) is 1. The van der Waals surface area contributed by atoms with Crippen LogP contribution in [0.5, 0.6) is 0 Å². The average molecular weight is 292 g/mol. The molecule has 0 aliphatic heterocycles. The molecule has 1 fully saturated rings. The molecule has 0 heterocycles. The summed E-state index contributed by atoms with van der Waals surface area (Å²) in [5, 5.41) is 11.8. The fraction of sp³-hybridized carbons (Fsp3) is 0.562. The predicted molar refractivity (Wildman–Crippen MR) is 83.6 cm³/mol. The van der Waals surface area contributed by atoms with Gasteiger partial charge in [-0.3, -0.25) is 4.79 Å². The van der Waals surface area contributed by atoms with Crippen molar-refractivity contribution in [3.8, 4) is 0 Å². The molecule has 0 aromatic heterocycles. The first-order valence-electron chi connectivity index (χ1n) is 7.44. The lowest BCUT2D eigenvalue weighted by Gasteiger charge is -2.18. The highest BCUT2D eigenvalue weighted by molar-refractivity contribution is 5.94. The lowest BCUT2D eigenvalue weighted by Crippen LogP contribution is -2.28. The van der Waals surface area contributed by atoms with E-state index in [4.69, 9.17) is 9.84 Å². The van der Waals surface area contributed by atoms with E-state index in [9.17, 15) is 4.79 Å². The smallest absolute Gasteiger partial charge is 0.253 e. The quantitative estimate of drug-likeness (QED) is 0.768. The van der Waals surface area contributed by atoms with E-state index in [-0.39, 0.29) is 12.5 Å². The van der Waals surface area contributed by atoms with Gasteiger partial charge in [0.1, 0.15) is 6.10 Å². The first-order valence-corrected chi connectivity index (χ1v) is 7.44. The van der Waals surface area contributed by atoms with E-state index < -0.39 is 6.10 Å². The van der Waals surface area contributed by atoms with Gasteiger partial charge in [0.05, 0.1) is 13.2 Å². The molecule has 5 heteroatoms. The summed E-state index contributed by atoms with van der Waals surface area (Å²) in [5.41, 5.74) is 1.75. The van der Waals surface area contributed by atoms with Gasteiger partial charge in [0.2, 0.25) is 0 Å². The number of ether oxygens (including phenoxy) is 1. The molecular weight excluding hydrogens is 268 g/mol. The van der Waals surface area contributed by atoms with Crippen molar-refractivity contribution in [1.82, 2.24) is 0 Å². The number of nitrogens with one attached hydrogen (secondary N) is 1. The number of carbonyl (C=O) groups excluding carboxylic acids is 1. The average Bonchev–Trinajstić information content (AvgIpc) is 3.30. The Morgan fingerprint density at radius 3 is 2.67 bits per heavy atom. The fourth-order valence-corrected chi connectivity index (χ4v) is 1.96. The maximum absolute atomic E-state index is 12.0. The first kappa shape index (κ1) is 15.8. The molecule has 0 radical (unpaired) electrons. The number of hydrogen-bond acceptors (Lipinski definition) is 4. The van der Waals surface area contributed by atoms with Crippen molar-refractivity contribution in [2.24, 2.45) is 5.92 Å². The molecule has 1 amide bonds. The molecule has 21 heavy (non-hydrogen) atoms. The second kappa shape index (κ2) is 7.43. The Balaban J connectivity index is 1.82. The van der Waals surface area contributed by atoms with E-state index in [1.165, 1.54) is 12.8 Å². The van der Waals surface area contributed by atoms with Gasteiger partial charge in [-0.05, 0) is 49.9 Å². The highest BCUT2D eigenvalue weighted by atomic mass is 16.5. The largest absolute Gasteiger partial charge is 0.395 e. The molecule has 2 rings (SSSR count). The Bertz CT molecular complexity index is 457. The van der Waals surface area contributed by atoms with Gasteiger partial charge in [-0.2, -0.15) is 0 Å². The van der Waals surface area contributed by atoms with Crippen molar-refractivity contribution in [2.45, 2.75) is 25.9 Å². The van der Waals surface area contributed by atoms with E-state index in [0.717, 1.165) is 11.4 Å². The summed E-state index contributed by atoms with van der Waals surface area (Å²) in [6.07, 6.45) is 2.01. The van der Waals surface area contributed by atoms with Crippen molar-refractivity contribution < 1.29 is 14.6 Å². The summed E-state index contributed by atoms with van der Waals surface area (Å²) in [7, 11) is 1.91. The van der Waals surface area contributed by atoms with Crippen LogP contribution in [0, 0.1) is 5.92 Å². The number of likely N-dealkylation sites (N-methyl/N-ethyl adjacent to an activating group) is 1. The molecule has 1 aromatic rings. The van der Waals surface area contributed by atoms with Crippen LogP contribution in [-0.2, 0) is 9.53 Å². The highest BCUT2D eigenvalue weighted by Gasteiger charge is 2.24. The van der Waals surface area contributed by atoms with Crippen LogP contribution in [0.25, 0.3) is 0 Å². The van der Waals surface area contributed by atoms with Gasteiger partial charge >= 0.3 is 0 Å². The summed E-state index contributed by atoms with van der Waals surface area (Å²) >= 11 is 0. The van der Waals surface area contributed by atoms with Crippen LogP contribution in [0.2, 0.25) is 0 Å². The van der Waals surface area contributed by atoms with Gasteiger partial charge in [0.15, 0.2) is 0 Å². The zero-order chi connectivity index (χ0) is 15.2. The van der Waals surface area contributed by atoms with Gasteiger partial charge in [0, 0.05) is 25.0 Å². The molecule has 1 aliphatic rings. The second-order valence-corrected chi connectivity index (χ2v) is 5.60. The molecule has 2 N–H and O–H groups in total. The van der Waals surface area contributed by atoms with Crippen molar-refractivity contribution in [2.75, 3.05) is 37.0 Å². The third-order valence-corrected chi connectivity index (χ3v) is 3.66. The van der Waals surface area contributed by atoms with Crippen molar-refractivity contribution >= 4 is 17.3 Å². The molecule has 1 aromatic carbocycles. The van der Waals surface area contributed by atoms with Crippen LogP contribution in [0.15, 0.2) is 24.3 Å². The fourth-order valence-electron chi connectivity index (χ4n) is 1.96. The molecular formula is C16H24N2O3. The van der Waals surface area contributed by atoms with Crippen LogP contribution in [-0.4, -0.2) is 43.9 Å². The SMILES string of the molecule is CC(OCC1CC1)C(=O)Nc1ccc(N(C)CCO)cc1. The van der Waals surface area contributed by atoms with Gasteiger partial charge in [-0.15, -0.1) is 0 Å². The van der Waals surface area contributed by atoms with Crippen LogP contribution >= 0.6 is 0 Å². The number of amides is 1. The first-order chi connectivity index (χ1) is 10.1. The maximum atomic E-state index is 12.0. The zero-order valence-electron chi connectivity index (χ0n) is 12.7. The molecule has 1 unspecified atom stereocenters. The van der Waals surface area contributed by atoms with Crippen LogP contribution < -0.4 is 10.2 Å². The van der Waals surface area contributed by atoms with Gasteiger partial charge in [0.25, 0.3) is 5.91 Å². The Morgan fingerprint density at radius 1 is 1.43 bits per heavy atom. The summed E-state index contributed by atoms with van der Waals surface area (Å²) in [4.78, 5) is 13.9. The number of aliphatic hydroxyl groups excluding tert-OH is 1. The summed E-state index contributed by atoms with van der Waals surface area (Å²) in [6, 6.07) is 7.55. The van der Waals surface area contributed by atoms with E-state index in [0.29, 0.717) is 19.1 Å². The zero-order valence-corrected chi connectivity index (χ0v) is 12.7. The summed E-state index contributed by atoms with van der Waals surface area (Å²) in [6.45, 7) is 3.16. The minimum atomic E-state index is -0.428. The number of rotatable bonds is 8. The highest BCUT2D eigenvalue weighted by Crippen LogP contribution is 2.29. The van der Waals surface area contributed by atoms with Crippen LogP contribution in [0.3, 0.4) is 0 Å². The third kappa shape index (κ3) is 5.02. The van der Waals surface area contributed by atoms with E-state index in [1.807, 2.05) is 36.2 Å². The molecule has 0 saturated heterocycles. The molecule has 5 nitrogen and oxygen atoms in total. The van der Waals surface area contributed by atoms with Crippen LogP contribution in [0.1, 0.15) is 19.8 Å². The molecule has 0 spiro atoms. The Labute approximate surface area is 125 Å². The third-order valence-electron chi connectivity index (χ3n) is 3.66. The molecule has 116 valence electrons. The van der Waals surface area contributed by atoms with Crippen LogP contribution in [0.4, 0.5) is 11.4 Å². The number of benzene rings is 1. The standard InChI is InChI=1S/C16H24N2O3/c1-12(21-11-13-3-4-13)16(20)17-14-5-7-15(8-6-14)18(2)9-10-19/h5-8,12-13,19H,3-4,9-11H2,1-2H3,(H,17,20). The molecule has 1 atom stereocenters. The Hall–Kier alpha value is -1.59. The molecule has 0 bridgehead atoms. The second-order valence-electron chi connectivity index (χ2n) is 5.60. The number of hydrogen-bond donors (Lipinski definition) is 2. The number of anilines is 2. The van der Waals surface area contributed by atoms with E-state index in [1.54, 1.807) is 6.92 Å². The normalized spacial score (nSPS) is 15.6. The minimum Gasteiger partial charge on any atom is -0.395 e. The number of aliphatic hydroxyl groups is 1. The number of carbonyl (C=O) groups is 1. The topological polar surface area (TPSA) is 61.8 Å². The van der Waals surface area contributed by atoms with Gasteiger partial charge < -0.3 is 20.1 Å². The predicted octanol–water partition coefficient (Wildman–Crippen LogP) is 1.87. The van der Waals surface area contributed by atoms with Gasteiger partial charge in [-0.1, -0.05) is 0 Å². The summed E-state index contributed by atoms with van der Waals surface area (Å²) in [5.74, 6) is 0.536. The lowest BCUT2D eigenvalue weighted by atomic mass is 10.2. The van der Waals surface area contributed by atoms with E-state index >= 15 is 0 Å². The molecule has 1 saturated carbocycles. The van der Waals surface area contributed by atoms with Crippen molar-refractivity contribution in [3.05, 3.63) is 24.3 Å².